The number of hydrogen-bond acceptors (Lipinski definition) is 6. The molecule has 0 unspecified atom stereocenters. The largest absolute Gasteiger partial charge is 0.480 e. The molecule has 0 fully saturated rings. The molecule has 0 bridgehead atoms. The van der Waals surface area contributed by atoms with Gasteiger partial charge >= 0.3 is 5.97 Å². The number of H-pyrrole nitrogens is 1. The molecule has 216 valence electrons. The van der Waals surface area contributed by atoms with Crippen LogP contribution >= 0.6 is 11.8 Å². The molecule has 1 aromatic heterocycles. The van der Waals surface area contributed by atoms with E-state index in [1.807, 2.05) is 116 Å². The highest BCUT2D eigenvalue weighted by Crippen LogP contribution is 2.29. The molecule has 1 heterocycles. The number of carbonyl (C=O) groups excluding carboxylic acids is 1. The molecular weight excluding hydrogens is 534 g/mol. The van der Waals surface area contributed by atoms with E-state index in [9.17, 15) is 9.59 Å². The van der Waals surface area contributed by atoms with E-state index >= 15 is 0 Å². The van der Waals surface area contributed by atoms with Crippen LogP contribution in [0.3, 0.4) is 0 Å². The number of rotatable bonds is 11. The lowest BCUT2D eigenvalue weighted by Gasteiger charge is -2.25. The minimum atomic E-state index is -1.10. The van der Waals surface area contributed by atoms with E-state index in [-0.39, 0.29) is 0 Å². The first-order valence-electron chi connectivity index (χ1n) is 13.4. The third-order valence-corrected chi connectivity index (χ3v) is 6.10. The Morgan fingerprint density at radius 1 is 1.02 bits per heavy atom. The Hall–Kier alpha value is -4.50. The molecule has 0 aliphatic carbocycles. The zero-order valence-electron chi connectivity index (χ0n) is 24.0. The summed E-state index contributed by atoms with van der Waals surface area (Å²) in [5, 5.41) is 13.3. The highest BCUT2D eigenvalue weighted by molar-refractivity contribution is 7.98. The van der Waals surface area contributed by atoms with Gasteiger partial charge in [0.05, 0.1) is 24.3 Å². The van der Waals surface area contributed by atoms with E-state index in [0.29, 0.717) is 17.7 Å². The quantitative estimate of drug-likeness (QED) is 0.152. The summed E-state index contributed by atoms with van der Waals surface area (Å²) in [6.45, 7) is 6.18. The molecule has 0 atom stereocenters. The molecule has 0 saturated carbocycles. The van der Waals surface area contributed by atoms with Crippen molar-refractivity contribution in [3.05, 3.63) is 114 Å². The van der Waals surface area contributed by atoms with Crippen LogP contribution in [0.2, 0.25) is 0 Å². The molecule has 9 heteroatoms. The van der Waals surface area contributed by atoms with Crippen LogP contribution in [0.1, 0.15) is 42.4 Å². The van der Waals surface area contributed by atoms with Gasteiger partial charge in [-0.05, 0) is 53.0 Å². The van der Waals surface area contributed by atoms with Crippen LogP contribution in [0.15, 0.2) is 97.6 Å². The second kappa shape index (κ2) is 18.7. The normalized spacial score (nSPS) is 10.0. The summed E-state index contributed by atoms with van der Waals surface area (Å²) in [5.74, 6) is -0.314. The van der Waals surface area contributed by atoms with Gasteiger partial charge in [-0.25, -0.2) is 4.98 Å². The van der Waals surface area contributed by atoms with E-state index in [2.05, 4.69) is 33.9 Å². The van der Waals surface area contributed by atoms with Gasteiger partial charge in [0.2, 0.25) is 0 Å². The number of aliphatic carboxylic acids is 1. The van der Waals surface area contributed by atoms with Gasteiger partial charge in [0.1, 0.15) is 6.54 Å². The summed E-state index contributed by atoms with van der Waals surface area (Å²) in [4.78, 5) is 30.9. The van der Waals surface area contributed by atoms with Gasteiger partial charge in [-0.2, -0.15) is 11.8 Å². The van der Waals surface area contributed by atoms with Crippen LogP contribution in [-0.4, -0.2) is 45.5 Å². The van der Waals surface area contributed by atoms with Gasteiger partial charge in [-0.1, -0.05) is 81.4 Å². The lowest BCUT2D eigenvalue weighted by molar-refractivity contribution is -0.135. The van der Waals surface area contributed by atoms with Crippen molar-refractivity contribution in [1.82, 2.24) is 20.7 Å². The molecule has 1 amide bonds. The fraction of sp³-hybridized carbons (Fsp3) is 0.219. The van der Waals surface area contributed by atoms with Crippen molar-refractivity contribution in [2.75, 3.05) is 23.6 Å². The third kappa shape index (κ3) is 11.3. The molecule has 0 radical (unpaired) electrons. The van der Waals surface area contributed by atoms with Crippen LogP contribution in [0.5, 0.6) is 0 Å². The predicted molar refractivity (Wildman–Crippen MR) is 171 cm³/mol. The number of thioether (sulfide) groups is 1. The Balaban J connectivity index is 0.000000902. The monoisotopic (exact) mass is 573 g/mol. The number of aromatic amines is 1. The van der Waals surface area contributed by atoms with Crippen LogP contribution in [-0.2, 0) is 11.3 Å². The smallest absolute Gasteiger partial charge is 0.322 e. The van der Waals surface area contributed by atoms with E-state index in [1.165, 1.54) is 5.75 Å². The van der Waals surface area contributed by atoms with Gasteiger partial charge in [0.25, 0.3) is 5.91 Å². The Morgan fingerprint density at radius 2 is 1.68 bits per heavy atom. The van der Waals surface area contributed by atoms with Crippen LogP contribution in [0.4, 0.5) is 5.69 Å². The zero-order chi connectivity index (χ0) is 29.9. The number of amides is 1. The maximum Gasteiger partial charge on any atom is 0.322 e. The number of carbonyl (C=O) groups is 2. The number of aromatic nitrogens is 2. The fourth-order valence-corrected chi connectivity index (χ4v) is 3.55. The van der Waals surface area contributed by atoms with E-state index in [4.69, 9.17) is 5.11 Å². The molecule has 0 aliphatic heterocycles. The minimum Gasteiger partial charge on any atom is -0.480 e. The van der Waals surface area contributed by atoms with E-state index < -0.39 is 18.4 Å². The Bertz CT molecular complexity index is 1330. The number of carboxylic acids is 1. The summed E-state index contributed by atoms with van der Waals surface area (Å²) in [5.41, 5.74) is 8.00. The topological polar surface area (TPSA) is 110 Å². The van der Waals surface area contributed by atoms with Crippen molar-refractivity contribution in [2.24, 2.45) is 0 Å². The van der Waals surface area contributed by atoms with Crippen molar-refractivity contribution < 1.29 is 14.7 Å². The summed E-state index contributed by atoms with van der Waals surface area (Å²) in [6, 6.07) is 24.9. The first-order valence-corrected chi connectivity index (χ1v) is 14.8. The third-order valence-electron chi connectivity index (χ3n) is 5.52. The van der Waals surface area contributed by atoms with Crippen LogP contribution in [0, 0.1) is 0 Å². The number of hydrogen-bond donors (Lipinski definition) is 4. The Labute approximate surface area is 246 Å². The van der Waals surface area contributed by atoms with Gasteiger partial charge in [0.15, 0.2) is 0 Å². The second-order valence-electron chi connectivity index (χ2n) is 8.29. The van der Waals surface area contributed by atoms with Crippen molar-refractivity contribution in [2.45, 2.75) is 27.3 Å². The molecule has 0 spiro atoms. The molecule has 0 saturated heterocycles. The second-order valence-corrected chi connectivity index (χ2v) is 9.44. The lowest BCUT2D eigenvalue weighted by Crippen LogP contribution is -2.34. The number of anilines is 1. The van der Waals surface area contributed by atoms with Crippen molar-refractivity contribution >= 4 is 35.4 Å². The number of nitrogens with one attached hydrogen (secondary N) is 3. The van der Waals surface area contributed by atoms with E-state index in [0.717, 1.165) is 22.5 Å². The molecular formula is C32H39N5O3S. The highest BCUT2D eigenvalue weighted by atomic mass is 32.2. The molecule has 4 N–H and O–H groups in total. The average Bonchev–Trinajstić information content (AvgIpc) is 3.54. The number of imidazole rings is 1. The lowest BCUT2D eigenvalue weighted by atomic mass is 9.98. The summed E-state index contributed by atoms with van der Waals surface area (Å²) < 4.78 is 0. The first kappa shape index (κ1) is 32.7. The summed E-state index contributed by atoms with van der Waals surface area (Å²) in [6.07, 6.45) is 9.28. The number of benzene rings is 3. The molecule has 8 nitrogen and oxygen atoms in total. The van der Waals surface area contributed by atoms with Gasteiger partial charge in [-0.15, -0.1) is 0 Å². The van der Waals surface area contributed by atoms with Crippen LogP contribution in [0.25, 0.3) is 17.2 Å². The molecule has 41 heavy (non-hydrogen) atoms. The average molecular weight is 574 g/mol. The molecule has 4 rings (SSSR count). The van der Waals surface area contributed by atoms with Gasteiger partial charge in [0, 0.05) is 18.0 Å². The molecule has 0 aliphatic rings. The summed E-state index contributed by atoms with van der Waals surface area (Å²) >= 11 is 1.86. The van der Waals surface area contributed by atoms with Gasteiger partial charge in [-0.3, -0.25) is 14.6 Å². The van der Waals surface area contributed by atoms with E-state index in [1.54, 1.807) is 18.6 Å². The van der Waals surface area contributed by atoms with Crippen molar-refractivity contribution in [1.29, 1.82) is 0 Å². The first-order chi connectivity index (χ1) is 20.0. The number of hydrazine groups is 1. The maximum absolute atomic E-state index is 12.8. The number of nitrogens with zero attached hydrogens (tertiary/aromatic N) is 2. The van der Waals surface area contributed by atoms with Crippen LogP contribution < -0.4 is 15.8 Å². The molecule has 4 aromatic rings. The van der Waals surface area contributed by atoms with Crippen molar-refractivity contribution in [3.63, 3.8) is 0 Å². The molecule has 3 aromatic carbocycles. The maximum atomic E-state index is 12.8. The minimum absolute atomic E-state index is 0.391. The number of carboxylic acid groups (broad SMARTS) is 1. The van der Waals surface area contributed by atoms with Gasteiger partial charge < -0.3 is 20.8 Å². The SMILES string of the molecule is CC.CCSC.O=C(O)CNC(=O)c1ccc(N(Cc2cnc[nH]2)N/C=C/c2ccccc2)cc1-c1ccccc1. The Morgan fingerprint density at radius 3 is 2.27 bits per heavy atom. The zero-order valence-corrected chi connectivity index (χ0v) is 24.8. The summed E-state index contributed by atoms with van der Waals surface area (Å²) in [7, 11) is 0. The standard InChI is InChI=1S/C27H25N5O3.C3H8S.C2H6/c33-26(34)17-29-27(35)24-12-11-23(15-25(24)21-9-5-2-6-10-21)32(18-22-16-28-19-30-22)31-14-13-20-7-3-1-4-8-20;1-3-4-2;1-2/h1-16,19,31H,17-18H2,(H,28,30)(H,29,35)(H,33,34);3H2,1-2H3;1-2H3/b14-13+;;. The highest BCUT2D eigenvalue weighted by Gasteiger charge is 2.17. The van der Waals surface area contributed by atoms with Crippen molar-refractivity contribution in [3.8, 4) is 11.1 Å². The predicted octanol–water partition coefficient (Wildman–Crippen LogP) is 6.47. The Kier molecular flexibility index (Phi) is 14.9. The fourth-order valence-electron chi connectivity index (χ4n) is 3.55.